The Kier molecular flexibility index (Phi) is 3.03. The fourth-order valence-electron chi connectivity index (χ4n) is 2.56. The molecule has 1 aliphatic rings. The van der Waals surface area contributed by atoms with E-state index in [-0.39, 0.29) is 11.5 Å². The standard InChI is InChI=1S/C15H16N6O2/c1-8(2)13-18-14(20-19-13)10-7-21-3-4-23-11-5-12(22)16-6-9(11)15(21)17-10/h5-8H,3-4H2,1-2H3,(H,16,22)(H,18,19,20). The van der Waals surface area contributed by atoms with Crippen LogP contribution in [0.2, 0.25) is 0 Å². The van der Waals surface area contributed by atoms with E-state index in [0.29, 0.717) is 24.7 Å². The number of hydrogen-bond donors (Lipinski definition) is 2. The predicted molar refractivity (Wildman–Crippen MR) is 83.2 cm³/mol. The fourth-order valence-corrected chi connectivity index (χ4v) is 2.56. The second-order valence-electron chi connectivity index (χ2n) is 5.76. The molecule has 118 valence electrons. The Labute approximate surface area is 131 Å². The molecular weight excluding hydrogens is 296 g/mol. The van der Waals surface area contributed by atoms with Gasteiger partial charge in [0.25, 0.3) is 5.56 Å². The highest BCUT2D eigenvalue weighted by Gasteiger charge is 2.21. The van der Waals surface area contributed by atoms with Crippen molar-refractivity contribution in [1.82, 2.24) is 29.7 Å². The molecule has 4 rings (SSSR count). The third-order valence-corrected chi connectivity index (χ3v) is 3.76. The molecule has 0 unspecified atom stereocenters. The summed E-state index contributed by atoms with van der Waals surface area (Å²) in [4.78, 5) is 23.3. The largest absolute Gasteiger partial charge is 0.491 e. The quantitative estimate of drug-likeness (QED) is 0.747. The van der Waals surface area contributed by atoms with Crippen LogP contribution in [0.3, 0.4) is 0 Å². The van der Waals surface area contributed by atoms with Crippen LogP contribution in [0.5, 0.6) is 5.75 Å². The van der Waals surface area contributed by atoms with Gasteiger partial charge in [-0.2, -0.15) is 5.10 Å². The fraction of sp³-hybridized carbons (Fsp3) is 0.333. The molecule has 0 atom stereocenters. The van der Waals surface area contributed by atoms with Crippen molar-refractivity contribution in [2.45, 2.75) is 26.3 Å². The van der Waals surface area contributed by atoms with Crippen LogP contribution < -0.4 is 10.3 Å². The Morgan fingerprint density at radius 3 is 3.00 bits per heavy atom. The molecule has 23 heavy (non-hydrogen) atoms. The molecule has 0 bridgehead atoms. The Hall–Kier alpha value is -2.90. The van der Waals surface area contributed by atoms with E-state index in [9.17, 15) is 4.79 Å². The maximum absolute atomic E-state index is 11.5. The molecule has 0 amide bonds. The van der Waals surface area contributed by atoms with Crippen LogP contribution >= 0.6 is 0 Å². The van der Waals surface area contributed by atoms with Gasteiger partial charge in [0.15, 0.2) is 11.6 Å². The average Bonchev–Trinajstić information content (AvgIpc) is 3.12. The summed E-state index contributed by atoms with van der Waals surface area (Å²) in [5, 5.41) is 7.15. The molecule has 0 saturated carbocycles. The van der Waals surface area contributed by atoms with Gasteiger partial charge in [0.05, 0.1) is 12.1 Å². The zero-order valence-electron chi connectivity index (χ0n) is 12.8. The summed E-state index contributed by atoms with van der Waals surface area (Å²) < 4.78 is 7.63. The topological polar surface area (TPSA) is 101 Å². The van der Waals surface area contributed by atoms with E-state index < -0.39 is 0 Å². The summed E-state index contributed by atoms with van der Waals surface area (Å²) >= 11 is 0. The Morgan fingerprint density at radius 1 is 1.35 bits per heavy atom. The molecule has 0 radical (unpaired) electrons. The van der Waals surface area contributed by atoms with Crippen LogP contribution in [0.4, 0.5) is 0 Å². The number of aromatic nitrogens is 6. The van der Waals surface area contributed by atoms with Gasteiger partial charge in [-0.3, -0.25) is 9.89 Å². The summed E-state index contributed by atoms with van der Waals surface area (Å²) in [7, 11) is 0. The first-order chi connectivity index (χ1) is 11.1. The molecular formula is C15H16N6O2. The lowest BCUT2D eigenvalue weighted by molar-refractivity contribution is 0.306. The van der Waals surface area contributed by atoms with Crippen molar-refractivity contribution in [3.05, 3.63) is 34.6 Å². The first-order valence-electron chi connectivity index (χ1n) is 7.47. The Balaban J connectivity index is 1.82. The molecule has 0 aliphatic carbocycles. The molecule has 8 heteroatoms. The van der Waals surface area contributed by atoms with Crippen LogP contribution in [0.1, 0.15) is 25.6 Å². The molecule has 0 saturated heterocycles. The van der Waals surface area contributed by atoms with Crippen LogP contribution in [-0.4, -0.2) is 36.3 Å². The number of hydrogen-bond acceptors (Lipinski definition) is 5. The third kappa shape index (κ3) is 2.32. The summed E-state index contributed by atoms with van der Waals surface area (Å²) in [5.41, 5.74) is 1.29. The number of ether oxygens (including phenoxy) is 1. The van der Waals surface area contributed by atoms with E-state index in [1.54, 1.807) is 6.20 Å². The molecule has 0 fully saturated rings. The van der Waals surface area contributed by atoms with Gasteiger partial charge in [0, 0.05) is 24.4 Å². The van der Waals surface area contributed by atoms with E-state index in [1.165, 1.54) is 6.07 Å². The predicted octanol–water partition coefficient (Wildman–Crippen LogP) is 1.54. The van der Waals surface area contributed by atoms with Crippen molar-refractivity contribution >= 4 is 0 Å². The van der Waals surface area contributed by atoms with Gasteiger partial charge in [-0.15, -0.1) is 0 Å². The van der Waals surface area contributed by atoms with Gasteiger partial charge < -0.3 is 14.3 Å². The molecule has 3 aromatic heterocycles. The molecule has 3 aromatic rings. The van der Waals surface area contributed by atoms with Crippen LogP contribution in [-0.2, 0) is 6.54 Å². The van der Waals surface area contributed by atoms with Crippen molar-refractivity contribution in [2.75, 3.05) is 6.61 Å². The first kappa shape index (κ1) is 13.7. The van der Waals surface area contributed by atoms with Crippen molar-refractivity contribution in [2.24, 2.45) is 0 Å². The molecule has 0 aromatic carbocycles. The number of nitrogens with zero attached hydrogens (tertiary/aromatic N) is 4. The number of H-pyrrole nitrogens is 2. The second-order valence-corrected chi connectivity index (χ2v) is 5.76. The minimum absolute atomic E-state index is 0.194. The van der Waals surface area contributed by atoms with Crippen LogP contribution in [0.15, 0.2) is 23.3 Å². The Morgan fingerprint density at radius 2 is 2.22 bits per heavy atom. The Bertz CT molecular complexity index is 920. The maximum atomic E-state index is 11.5. The molecule has 0 spiro atoms. The second kappa shape index (κ2) is 5.08. The average molecular weight is 312 g/mol. The highest BCUT2D eigenvalue weighted by molar-refractivity contribution is 5.66. The maximum Gasteiger partial charge on any atom is 0.251 e. The number of aromatic amines is 2. The zero-order valence-corrected chi connectivity index (χ0v) is 12.8. The molecule has 4 heterocycles. The van der Waals surface area contributed by atoms with Crippen molar-refractivity contribution in [1.29, 1.82) is 0 Å². The van der Waals surface area contributed by atoms with E-state index in [0.717, 1.165) is 22.9 Å². The summed E-state index contributed by atoms with van der Waals surface area (Å²) in [6, 6.07) is 1.45. The number of rotatable bonds is 2. The summed E-state index contributed by atoms with van der Waals surface area (Å²) in [5.74, 6) is 2.94. The van der Waals surface area contributed by atoms with Crippen molar-refractivity contribution < 1.29 is 4.74 Å². The highest BCUT2D eigenvalue weighted by atomic mass is 16.5. The third-order valence-electron chi connectivity index (χ3n) is 3.76. The molecule has 2 N–H and O–H groups in total. The normalized spacial score (nSPS) is 13.3. The van der Waals surface area contributed by atoms with Gasteiger partial charge in [-0.1, -0.05) is 13.8 Å². The SMILES string of the molecule is CC(C)c1n[nH]c(-c2cn3c(n2)-c2c[nH]c(=O)cc2OCC3)n1. The van der Waals surface area contributed by atoms with Gasteiger partial charge in [-0.25, -0.2) is 9.97 Å². The lowest BCUT2D eigenvalue weighted by Crippen LogP contribution is -2.06. The van der Waals surface area contributed by atoms with E-state index >= 15 is 0 Å². The smallest absolute Gasteiger partial charge is 0.251 e. The van der Waals surface area contributed by atoms with E-state index in [4.69, 9.17) is 4.74 Å². The van der Waals surface area contributed by atoms with Crippen molar-refractivity contribution in [3.8, 4) is 28.7 Å². The summed E-state index contributed by atoms with van der Waals surface area (Å²) in [6.07, 6.45) is 3.55. The molecule has 8 nitrogen and oxygen atoms in total. The van der Waals surface area contributed by atoms with Gasteiger partial charge >= 0.3 is 0 Å². The zero-order chi connectivity index (χ0) is 16.0. The number of imidazole rings is 1. The number of nitrogens with one attached hydrogen (secondary N) is 2. The van der Waals surface area contributed by atoms with Gasteiger partial charge in [0.1, 0.15) is 23.9 Å². The highest BCUT2D eigenvalue weighted by Crippen LogP contribution is 2.31. The van der Waals surface area contributed by atoms with E-state index in [1.807, 2.05) is 24.6 Å². The first-order valence-corrected chi connectivity index (χ1v) is 7.47. The summed E-state index contributed by atoms with van der Waals surface area (Å²) in [6.45, 7) is 5.21. The van der Waals surface area contributed by atoms with Crippen LogP contribution in [0.25, 0.3) is 22.9 Å². The monoisotopic (exact) mass is 312 g/mol. The lowest BCUT2D eigenvalue weighted by atomic mass is 10.2. The minimum atomic E-state index is -0.194. The molecule has 1 aliphatic heterocycles. The van der Waals surface area contributed by atoms with E-state index in [2.05, 4.69) is 25.1 Å². The number of fused-ring (bicyclic) bond motifs is 3. The van der Waals surface area contributed by atoms with Gasteiger partial charge in [0.2, 0.25) is 0 Å². The minimum Gasteiger partial charge on any atom is -0.491 e. The lowest BCUT2D eigenvalue weighted by Gasteiger charge is -2.04. The number of pyridine rings is 1. The van der Waals surface area contributed by atoms with Gasteiger partial charge in [-0.05, 0) is 0 Å². The van der Waals surface area contributed by atoms with Crippen molar-refractivity contribution in [3.63, 3.8) is 0 Å². The van der Waals surface area contributed by atoms with Crippen LogP contribution in [0, 0.1) is 0 Å².